The van der Waals surface area contributed by atoms with Gasteiger partial charge in [-0.05, 0) is 64.7 Å². The quantitative estimate of drug-likeness (QED) is 0.325. The SMILES string of the molecule is COc1ccc(CN[C@H](C)c2cccc3ccccc23)cc1-c1ccc2ncccc2c1. The highest BCUT2D eigenvalue weighted by molar-refractivity contribution is 5.86. The average Bonchev–Trinajstić information content (AvgIpc) is 2.86. The monoisotopic (exact) mass is 418 g/mol. The molecule has 1 aromatic heterocycles. The Hall–Kier alpha value is -3.69. The number of fused-ring (bicyclic) bond motifs is 2. The Kier molecular flexibility index (Phi) is 5.57. The standard InChI is InChI=1S/C29H26N2O/c1-20(25-11-5-8-22-7-3-4-10-26(22)25)31-19-21-12-15-29(32-2)27(17-21)23-13-14-28-24(18-23)9-6-16-30-28/h3-18,20,31H,19H2,1-2H3/t20-/m1/s1. The summed E-state index contributed by atoms with van der Waals surface area (Å²) in [6.45, 7) is 3.00. The molecular weight excluding hydrogens is 392 g/mol. The van der Waals surface area contributed by atoms with E-state index in [1.54, 1.807) is 7.11 Å². The number of benzene rings is 4. The minimum Gasteiger partial charge on any atom is -0.496 e. The van der Waals surface area contributed by atoms with Gasteiger partial charge < -0.3 is 10.1 Å². The van der Waals surface area contributed by atoms with Crippen molar-refractivity contribution >= 4 is 21.7 Å². The molecule has 0 radical (unpaired) electrons. The number of nitrogens with zero attached hydrogens (tertiary/aromatic N) is 1. The van der Waals surface area contributed by atoms with Crippen LogP contribution in [-0.4, -0.2) is 12.1 Å². The van der Waals surface area contributed by atoms with Gasteiger partial charge >= 0.3 is 0 Å². The molecule has 4 aromatic carbocycles. The van der Waals surface area contributed by atoms with Crippen molar-refractivity contribution in [2.75, 3.05) is 7.11 Å². The molecule has 0 aliphatic carbocycles. The van der Waals surface area contributed by atoms with Gasteiger partial charge in [-0.15, -0.1) is 0 Å². The van der Waals surface area contributed by atoms with E-state index in [0.29, 0.717) is 0 Å². The summed E-state index contributed by atoms with van der Waals surface area (Å²) in [7, 11) is 1.72. The lowest BCUT2D eigenvalue weighted by atomic mass is 9.98. The van der Waals surface area contributed by atoms with Gasteiger partial charge in [-0.1, -0.05) is 60.7 Å². The van der Waals surface area contributed by atoms with E-state index in [0.717, 1.165) is 34.3 Å². The van der Waals surface area contributed by atoms with Crippen LogP contribution < -0.4 is 10.1 Å². The normalized spacial score (nSPS) is 12.2. The van der Waals surface area contributed by atoms with E-state index in [9.17, 15) is 0 Å². The maximum absolute atomic E-state index is 5.67. The predicted molar refractivity (Wildman–Crippen MR) is 133 cm³/mol. The van der Waals surface area contributed by atoms with Crippen molar-refractivity contribution in [3.63, 3.8) is 0 Å². The van der Waals surface area contributed by atoms with Crippen LogP contribution in [0.25, 0.3) is 32.8 Å². The van der Waals surface area contributed by atoms with Crippen molar-refractivity contribution in [1.82, 2.24) is 10.3 Å². The van der Waals surface area contributed by atoms with Crippen LogP contribution in [0.5, 0.6) is 5.75 Å². The second-order valence-electron chi connectivity index (χ2n) is 8.12. The van der Waals surface area contributed by atoms with Gasteiger partial charge in [0.25, 0.3) is 0 Å². The van der Waals surface area contributed by atoms with Crippen LogP contribution in [0.4, 0.5) is 0 Å². The van der Waals surface area contributed by atoms with E-state index in [-0.39, 0.29) is 6.04 Å². The van der Waals surface area contributed by atoms with E-state index < -0.39 is 0 Å². The summed E-state index contributed by atoms with van der Waals surface area (Å²) in [6, 6.07) is 32.1. The first-order valence-corrected chi connectivity index (χ1v) is 11.0. The first-order valence-electron chi connectivity index (χ1n) is 11.0. The molecule has 0 unspecified atom stereocenters. The summed E-state index contributed by atoms with van der Waals surface area (Å²) in [6.07, 6.45) is 1.83. The molecule has 3 heteroatoms. The summed E-state index contributed by atoms with van der Waals surface area (Å²) >= 11 is 0. The Morgan fingerprint density at radius 3 is 2.59 bits per heavy atom. The van der Waals surface area contributed by atoms with E-state index in [1.807, 2.05) is 12.3 Å². The zero-order valence-electron chi connectivity index (χ0n) is 18.4. The third kappa shape index (κ3) is 3.95. The van der Waals surface area contributed by atoms with E-state index in [4.69, 9.17) is 4.74 Å². The van der Waals surface area contributed by atoms with Crippen LogP contribution in [0.3, 0.4) is 0 Å². The van der Waals surface area contributed by atoms with Gasteiger partial charge in [-0.25, -0.2) is 0 Å². The predicted octanol–water partition coefficient (Wildman–Crippen LogP) is 6.91. The van der Waals surface area contributed by atoms with Crippen LogP contribution in [0, 0.1) is 0 Å². The molecule has 1 N–H and O–H groups in total. The topological polar surface area (TPSA) is 34.1 Å². The van der Waals surface area contributed by atoms with Crippen molar-refractivity contribution in [2.45, 2.75) is 19.5 Å². The molecule has 1 atom stereocenters. The number of hydrogen-bond donors (Lipinski definition) is 1. The molecule has 0 fully saturated rings. The number of aromatic nitrogens is 1. The summed E-state index contributed by atoms with van der Waals surface area (Å²) in [5.74, 6) is 0.874. The van der Waals surface area contributed by atoms with Crippen molar-refractivity contribution in [3.05, 3.63) is 108 Å². The highest BCUT2D eigenvalue weighted by atomic mass is 16.5. The Bertz CT molecular complexity index is 1390. The van der Waals surface area contributed by atoms with Gasteiger partial charge in [0.15, 0.2) is 0 Å². The molecule has 5 rings (SSSR count). The maximum Gasteiger partial charge on any atom is 0.126 e. The average molecular weight is 419 g/mol. The number of methoxy groups -OCH3 is 1. The molecule has 5 aromatic rings. The van der Waals surface area contributed by atoms with Gasteiger partial charge in [-0.2, -0.15) is 0 Å². The second-order valence-corrected chi connectivity index (χ2v) is 8.12. The Morgan fingerprint density at radius 2 is 1.69 bits per heavy atom. The van der Waals surface area contributed by atoms with Gasteiger partial charge in [0.05, 0.1) is 12.6 Å². The Balaban J connectivity index is 1.42. The molecule has 3 nitrogen and oxygen atoms in total. The van der Waals surface area contributed by atoms with Gasteiger partial charge in [0, 0.05) is 29.7 Å². The minimum atomic E-state index is 0.235. The molecule has 0 aliphatic heterocycles. The lowest BCUT2D eigenvalue weighted by Gasteiger charge is -2.18. The fourth-order valence-electron chi connectivity index (χ4n) is 4.34. The van der Waals surface area contributed by atoms with Crippen molar-refractivity contribution in [1.29, 1.82) is 0 Å². The maximum atomic E-state index is 5.67. The van der Waals surface area contributed by atoms with E-state index in [1.165, 1.54) is 21.9 Å². The first kappa shape index (κ1) is 20.2. The van der Waals surface area contributed by atoms with E-state index >= 15 is 0 Å². The second kappa shape index (κ2) is 8.81. The zero-order chi connectivity index (χ0) is 21.9. The van der Waals surface area contributed by atoms with Gasteiger partial charge in [0.1, 0.15) is 5.75 Å². The zero-order valence-corrected chi connectivity index (χ0v) is 18.4. The van der Waals surface area contributed by atoms with Crippen LogP contribution in [0.15, 0.2) is 97.2 Å². The van der Waals surface area contributed by atoms with Crippen LogP contribution in [0.1, 0.15) is 24.1 Å². The van der Waals surface area contributed by atoms with Gasteiger partial charge in [0.2, 0.25) is 0 Å². The number of ether oxygens (including phenoxy) is 1. The summed E-state index contributed by atoms with van der Waals surface area (Å²) in [5.41, 5.74) is 5.76. The first-order chi connectivity index (χ1) is 15.7. The molecule has 0 saturated heterocycles. The van der Waals surface area contributed by atoms with Crippen molar-refractivity contribution in [2.24, 2.45) is 0 Å². The minimum absolute atomic E-state index is 0.235. The fourth-order valence-corrected chi connectivity index (χ4v) is 4.34. The number of pyridine rings is 1. The number of nitrogens with one attached hydrogen (secondary N) is 1. The van der Waals surface area contributed by atoms with Crippen molar-refractivity contribution < 1.29 is 4.74 Å². The summed E-state index contributed by atoms with van der Waals surface area (Å²) in [5, 5.41) is 7.40. The molecule has 0 spiro atoms. The van der Waals surface area contributed by atoms with E-state index in [2.05, 4.69) is 102 Å². The highest BCUT2D eigenvalue weighted by Crippen LogP contribution is 2.33. The van der Waals surface area contributed by atoms with Crippen molar-refractivity contribution in [3.8, 4) is 16.9 Å². The summed E-state index contributed by atoms with van der Waals surface area (Å²) in [4.78, 5) is 4.43. The summed E-state index contributed by atoms with van der Waals surface area (Å²) < 4.78 is 5.67. The molecule has 0 aliphatic rings. The molecule has 1 heterocycles. The fraction of sp³-hybridized carbons (Fsp3) is 0.138. The largest absolute Gasteiger partial charge is 0.496 e. The third-order valence-corrected chi connectivity index (χ3v) is 6.08. The lowest BCUT2D eigenvalue weighted by Crippen LogP contribution is -2.18. The molecule has 0 bridgehead atoms. The van der Waals surface area contributed by atoms with Crippen LogP contribution in [0.2, 0.25) is 0 Å². The number of hydrogen-bond acceptors (Lipinski definition) is 3. The van der Waals surface area contributed by atoms with Gasteiger partial charge in [-0.3, -0.25) is 4.98 Å². The van der Waals surface area contributed by atoms with Crippen LogP contribution >= 0.6 is 0 Å². The highest BCUT2D eigenvalue weighted by Gasteiger charge is 2.11. The third-order valence-electron chi connectivity index (χ3n) is 6.08. The Labute approximate surface area is 188 Å². The molecule has 0 amide bonds. The number of rotatable bonds is 6. The Morgan fingerprint density at radius 1 is 0.844 bits per heavy atom. The lowest BCUT2D eigenvalue weighted by molar-refractivity contribution is 0.416. The molecule has 158 valence electrons. The van der Waals surface area contributed by atoms with Crippen LogP contribution in [-0.2, 0) is 6.54 Å². The smallest absolute Gasteiger partial charge is 0.126 e. The molecular formula is C29H26N2O. The molecule has 0 saturated carbocycles. The molecule has 32 heavy (non-hydrogen) atoms.